The predicted molar refractivity (Wildman–Crippen MR) is 355 cm³/mol. The number of benzene rings is 13. The topological polar surface area (TPSA) is 67.3 Å². The number of fused-ring (bicyclic) bond motifs is 12. The summed E-state index contributed by atoms with van der Waals surface area (Å²) < 4.78 is 9.53. The molecule has 0 atom stereocenters. The van der Waals surface area contributed by atoms with Gasteiger partial charge < -0.3 is 18.3 Å². The van der Waals surface area contributed by atoms with E-state index in [2.05, 4.69) is 285 Å². The number of aromatic nitrogens is 4. The lowest BCUT2D eigenvalue weighted by Crippen LogP contribution is -2.07. The first-order valence-corrected chi connectivity index (χ1v) is 29.0. The number of nitrogens with zero attached hydrogens (tertiary/aromatic N) is 6. The molecule has 17 aromatic rings. The first kappa shape index (κ1) is 48.7. The standard InChI is InChI=1S/C80H48N6/c81-49-63-77(51-23-3-1-4-24-51)79(53-43-45-73(83-65-35-15-7-27-55(65)56-28-8-16-36-66(56)83)75(47-53)85-69-39-19-11-31-59(69)60-32-12-20-40-70(60)85)64(50-82)78(52-25-5-2-6-26-52)80(63)54-44-46-74(84-67-37-17-9-29-57(67)58-30-10-18-38-68(58)84)76(48-54)86-71-41-21-13-33-61(71)62-34-14-22-42-72(62)86/h1-48H. The minimum Gasteiger partial charge on any atom is -0.307 e. The number of hydrogen-bond acceptors (Lipinski definition) is 2. The van der Waals surface area contributed by atoms with Gasteiger partial charge in [-0.05, 0) is 95.1 Å². The Balaban J connectivity index is 1.02. The maximum atomic E-state index is 12.4. The summed E-state index contributed by atoms with van der Waals surface area (Å²) in [4.78, 5) is 0. The largest absolute Gasteiger partial charge is 0.307 e. The summed E-state index contributed by atoms with van der Waals surface area (Å²) in [6.45, 7) is 0. The van der Waals surface area contributed by atoms with E-state index in [-0.39, 0.29) is 0 Å². The Hall–Kier alpha value is -12.0. The second-order valence-electron chi connectivity index (χ2n) is 22.1. The summed E-state index contributed by atoms with van der Waals surface area (Å²) in [6.07, 6.45) is 0. The molecule has 0 saturated heterocycles. The predicted octanol–water partition coefficient (Wildman–Crippen LogP) is 20.5. The Morgan fingerprint density at radius 2 is 0.407 bits per heavy atom. The maximum absolute atomic E-state index is 12.4. The van der Waals surface area contributed by atoms with E-state index >= 15 is 0 Å². The summed E-state index contributed by atoms with van der Waals surface area (Å²) >= 11 is 0. The SMILES string of the molecule is N#Cc1c(-c2ccccc2)c(-c2ccc(-n3c4ccccc4c4ccccc43)c(-n3c4ccccc4c4ccccc43)c2)c(C#N)c(-c2ccccc2)c1-c1ccc(-n2c3ccccc3c3ccccc32)c(-n2c3ccccc3c3ccccc32)c1. The van der Waals surface area contributed by atoms with E-state index in [4.69, 9.17) is 0 Å². The van der Waals surface area contributed by atoms with Crippen molar-refractivity contribution < 1.29 is 0 Å². The summed E-state index contributed by atoms with van der Waals surface area (Å²) in [6, 6.07) is 108. The molecule has 17 rings (SSSR count). The highest BCUT2D eigenvalue weighted by atomic mass is 15.1. The molecule has 0 spiro atoms. The lowest BCUT2D eigenvalue weighted by Gasteiger charge is -2.25. The molecule has 398 valence electrons. The van der Waals surface area contributed by atoms with Gasteiger partial charge in [-0.3, -0.25) is 0 Å². The summed E-state index contributed by atoms with van der Waals surface area (Å²) in [5.41, 5.74) is 19.2. The molecule has 0 bridgehead atoms. The van der Waals surface area contributed by atoms with Gasteiger partial charge in [-0.25, -0.2) is 0 Å². The molecule has 4 heterocycles. The number of nitriles is 2. The van der Waals surface area contributed by atoms with E-state index in [9.17, 15) is 10.5 Å². The van der Waals surface area contributed by atoms with Crippen molar-refractivity contribution in [1.82, 2.24) is 18.3 Å². The van der Waals surface area contributed by atoms with Gasteiger partial charge in [0, 0.05) is 65.3 Å². The zero-order valence-electron chi connectivity index (χ0n) is 46.4. The van der Waals surface area contributed by atoms with Gasteiger partial charge in [0.05, 0.1) is 78.0 Å². The van der Waals surface area contributed by atoms with Crippen molar-refractivity contribution in [3.05, 3.63) is 302 Å². The third-order valence-electron chi connectivity index (χ3n) is 17.7. The average molecular weight is 1090 g/mol. The van der Waals surface area contributed by atoms with Gasteiger partial charge in [0.2, 0.25) is 0 Å². The molecular formula is C80H48N6. The van der Waals surface area contributed by atoms with Crippen LogP contribution in [-0.4, -0.2) is 18.3 Å². The third kappa shape index (κ3) is 7.12. The Kier molecular flexibility index (Phi) is 11.0. The molecule has 6 heteroatoms. The van der Waals surface area contributed by atoms with Crippen LogP contribution in [0.3, 0.4) is 0 Å². The molecule has 0 fully saturated rings. The molecule has 0 aliphatic rings. The van der Waals surface area contributed by atoms with Crippen LogP contribution in [0.25, 0.3) is 154 Å². The molecule has 13 aromatic carbocycles. The fraction of sp³-hybridized carbons (Fsp3) is 0. The van der Waals surface area contributed by atoms with E-state index in [0.29, 0.717) is 33.4 Å². The number of para-hydroxylation sites is 8. The van der Waals surface area contributed by atoms with Crippen LogP contribution in [0.15, 0.2) is 291 Å². The summed E-state index contributed by atoms with van der Waals surface area (Å²) in [5.74, 6) is 0. The minimum atomic E-state index is 0.465. The van der Waals surface area contributed by atoms with Crippen LogP contribution in [0, 0.1) is 22.7 Å². The van der Waals surface area contributed by atoms with Gasteiger partial charge in [-0.2, -0.15) is 10.5 Å². The van der Waals surface area contributed by atoms with Crippen LogP contribution in [-0.2, 0) is 0 Å². The van der Waals surface area contributed by atoms with Crippen LogP contribution in [0.4, 0.5) is 0 Å². The zero-order valence-corrected chi connectivity index (χ0v) is 46.4. The van der Waals surface area contributed by atoms with E-state index < -0.39 is 0 Å². The van der Waals surface area contributed by atoms with Crippen LogP contribution in [0.5, 0.6) is 0 Å². The van der Waals surface area contributed by atoms with Crippen molar-refractivity contribution in [2.45, 2.75) is 0 Å². The summed E-state index contributed by atoms with van der Waals surface area (Å²) in [7, 11) is 0. The van der Waals surface area contributed by atoms with Crippen LogP contribution < -0.4 is 0 Å². The fourth-order valence-electron chi connectivity index (χ4n) is 14.2. The van der Waals surface area contributed by atoms with E-state index in [1.165, 1.54) is 0 Å². The second kappa shape index (κ2) is 19.3. The van der Waals surface area contributed by atoms with Crippen molar-refractivity contribution >= 4 is 87.2 Å². The highest BCUT2D eigenvalue weighted by molar-refractivity contribution is 6.15. The molecule has 0 saturated carbocycles. The van der Waals surface area contributed by atoms with Gasteiger partial charge in [-0.1, -0.05) is 218 Å². The molecule has 0 amide bonds. The van der Waals surface area contributed by atoms with Gasteiger partial charge >= 0.3 is 0 Å². The molecule has 4 aromatic heterocycles. The Labute approximate surface area is 495 Å². The fourth-order valence-corrected chi connectivity index (χ4v) is 14.2. The van der Waals surface area contributed by atoms with Gasteiger partial charge in [0.1, 0.15) is 12.1 Å². The monoisotopic (exact) mass is 1090 g/mol. The van der Waals surface area contributed by atoms with Crippen molar-refractivity contribution in [2.24, 2.45) is 0 Å². The first-order chi connectivity index (χ1) is 42.7. The number of hydrogen-bond donors (Lipinski definition) is 0. The first-order valence-electron chi connectivity index (χ1n) is 29.0. The molecule has 0 aliphatic carbocycles. The van der Waals surface area contributed by atoms with Crippen molar-refractivity contribution in [1.29, 1.82) is 10.5 Å². The van der Waals surface area contributed by atoms with Crippen molar-refractivity contribution in [2.75, 3.05) is 0 Å². The Morgan fingerprint density at radius 3 is 0.651 bits per heavy atom. The minimum absolute atomic E-state index is 0.465. The van der Waals surface area contributed by atoms with Gasteiger partial charge in [0.15, 0.2) is 0 Å². The Bertz CT molecular complexity index is 5170. The Morgan fingerprint density at radius 1 is 0.198 bits per heavy atom. The average Bonchev–Trinajstić information content (AvgIpc) is 1.43. The maximum Gasteiger partial charge on any atom is 0.100 e. The van der Waals surface area contributed by atoms with E-state index in [0.717, 1.165) is 132 Å². The van der Waals surface area contributed by atoms with E-state index in [1.54, 1.807) is 0 Å². The van der Waals surface area contributed by atoms with Crippen molar-refractivity contribution in [3.8, 4) is 79.4 Å². The quantitative estimate of drug-likeness (QED) is 0.152. The molecule has 0 aliphatic heterocycles. The lowest BCUT2D eigenvalue weighted by molar-refractivity contribution is 1.10. The third-order valence-corrected chi connectivity index (χ3v) is 17.7. The lowest BCUT2D eigenvalue weighted by atomic mass is 9.78. The molecule has 0 unspecified atom stereocenters. The number of rotatable bonds is 8. The normalized spacial score (nSPS) is 11.7. The molecule has 6 nitrogen and oxygen atoms in total. The van der Waals surface area contributed by atoms with Crippen LogP contribution in [0.2, 0.25) is 0 Å². The van der Waals surface area contributed by atoms with Crippen LogP contribution in [0.1, 0.15) is 11.1 Å². The molecule has 0 N–H and O–H groups in total. The van der Waals surface area contributed by atoms with Gasteiger partial charge in [-0.15, -0.1) is 0 Å². The highest BCUT2D eigenvalue weighted by Crippen LogP contribution is 2.51. The molecular weight excluding hydrogens is 1040 g/mol. The smallest absolute Gasteiger partial charge is 0.100 e. The van der Waals surface area contributed by atoms with E-state index in [1.807, 2.05) is 36.4 Å². The van der Waals surface area contributed by atoms with Crippen LogP contribution >= 0.6 is 0 Å². The highest BCUT2D eigenvalue weighted by Gasteiger charge is 2.31. The zero-order chi connectivity index (χ0) is 57.0. The summed E-state index contributed by atoms with van der Waals surface area (Å²) in [5, 5.41) is 33.9. The van der Waals surface area contributed by atoms with Gasteiger partial charge in [0.25, 0.3) is 0 Å². The molecule has 86 heavy (non-hydrogen) atoms. The second-order valence-corrected chi connectivity index (χ2v) is 22.1. The molecule has 0 radical (unpaired) electrons. The van der Waals surface area contributed by atoms with Crippen molar-refractivity contribution in [3.63, 3.8) is 0 Å².